The molecule has 0 aliphatic rings. The predicted molar refractivity (Wildman–Crippen MR) is 123 cm³/mol. The molecular weight excluding hydrogens is 386 g/mol. The summed E-state index contributed by atoms with van der Waals surface area (Å²) >= 11 is 0. The minimum Gasteiger partial charge on any atom is -0.484 e. The number of ether oxygens (including phenoxy) is 1. The lowest BCUT2D eigenvalue weighted by Crippen LogP contribution is -2.29. The molecule has 5 nitrogen and oxygen atoms in total. The summed E-state index contributed by atoms with van der Waals surface area (Å²) in [6.07, 6.45) is 0. The first-order valence-corrected chi connectivity index (χ1v) is 10.6. The standard InChI is InChI=1S/C26H27N3O2/c1-19(2)21-14-12-20(13-15-21)17-29-24-11-7-6-10-23(24)28-25(29)16-27-26(30)18-31-22-8-4-3-5-9-22/h3-15,19H,16-18H2,1-2H3,(H,27,30). The third-order valence-electron chi connectivity index (χ3n) is 5.28. The fourth-order valence-corrected chi connectivity index (χ4v) is 3.52. The summed E-state index contributed by atoms with van der Waals surface area (Å²) in [5.74, 6) is 1.83. The minimum atomic E-state index is -0.177. The Balaban J connectivity index is 1.47. The van der Waals surface area contributed by atoms with Crippen molar-refractivity contribution < 1.29 is 9.53 Å². The van der Waals surface area contributed by atoms with E-state index in [0.29, 0.717) is 24.8 Å². The molecule has 0 aliphatic carbocycles. The number of rotatable bonds is 8. The number of carbonyl (C=O) groups excluding carboxylic acids is 1. The minimum absolute atomic E-state index is 0.0269. The molecule has 4 rings (SSSR count). The number of hydrogen-bond acceptors (Lipinski definition) is 3. The van der Waals surface area contributed by atoms with Crippen LogP contribution in [0.2, 0.25) is 0 Å². The molecule has 0 radical (unpaired) electrons. The van der Waals surface area contributed by atoms with E-state index in [9.17, 15) is 4.79 Å². The van der Waals surface area contributed by atoms with Crippen LogP contribution in [0.1, 0.15) is 36.7 Å². The highest BCUT2D eigenvalue weighted by molar-refractivity contribution is 5.78. The van der Waals surface area contributed by atoms with Gasteiger partial charge in [-0.25, -0.2) is 4.98 Å². The lowest BCUT2D eigenvalue weighted by atomic mass is 10.0. The summed E-state index contributed by atoms with van der Waals surface area (Å²) in [5.41, 5.74) is 4.50. The van der Waals surface area contributed by atoms with Gasteiger partial charge in [-0.15, -0.1) is 0 Å². The Morgan fingerprint density at radius 2 is 1.68 bits per heavy atom. The van der Waals surface area contributed by atoms with Gasteiger partial charge in [-0.05, 0) is 41.3 Å². The van der Waals surface area contributed by atoms with Gasteiger partial charge in [-0.2, -0.15) is 0 Å². The van der Waals surface area contributed by atoms with Crippen LogP contribution in [-0.2, 0) is 17.9 Å². The third-order valence-corrected chi connectivity index (χ3v) is 5.28. The van der Waals surface area contributed by atoms with Crippen molar-refractivity contribution in [2.45, 2.75) is 32.9 Å². The number of nitrogens with zero attached hydrogens (tertiary/aromatic N) is 2. The number of amides is 1. The third kappa shape index (κ3) is 5.12. The van der Waals surface area contributed by atoms with E-state index < -0.39 is 0 Å². The molecule has 1 N–H and O–H groups in total. The number of nitrogens with one attached hydrogen (secondary N) is 1. The van der Waals surface area contributed by atoms with E-state index >= 15 is 0 Å². The van der Waals surface area contributed by atoms with Crippen molar-refractivity contribution in [1.29, 1.82) is 0 Å². The molecule has 1 aromatic heterocycles. The van der Waals surface area contributed by atoms with Gasteiger partial charge < -0.3 is 14.6 Å². The van der Waals surface area contributed by atoms with Crippen molar-refractivity contribution >= 4 is 16.9 Å². The first-order chi connectivity index (χ1) is 15.1. The Hall–Kier alpha value is -3.60. The van der Waals surface area contributed by atoms with Crippen molar-refractivity contribution in [3.8, 4) is 5.75 Å². The number of imidazole rings is 1. The molecule has 158 valence electrons. The molecule has 31 heavy (non-hydrogen) atoms. The van der Waals surface area contributed by atoms with Gasteiger partial charge >= 0.3 is 0 Å². The molecule has 4 aromatic rings. The van der Waals surface area contributed by atoms with Gasteiger partial charge in [0.2, 0.25) is 0 Å². The lowest BCUT2D eigenvalue weighted by Gasteiger charge is -2.12. The zero-order valence-electron chi connectivity index (χ0n) is 17.9. The Labute approximate surface area is 182 Å². The summed E-state index contributed by atoms with van der Waals surface area (Å²) < 4.78 is 7.70. The molecule has 0 unspecified atom stereocenters. The monoisotopic (exact) mass is 413 g/mol. The van der Waals surface area contributed by atoms with Crippen molar-refractivity contribution in [2.75, 3.05) is 6.61 Å². The second-order valence-corrected chi connectivity index (χ2v) is 7.88. The van der Waals surface area contributed by atoms with Gasteiger partial charge in [0.05, 0.1) is 17.6 Å². The van der Waals surface area contributed by atoms with Gasteiger partial charge in [-0.1, -0.05) is 68.4 Å². The molecule has 0 saturated carbocycles. The normalized spacial score (nSPS) is 11.1. The van der Waals surface area contributed by atoms with Crippen molar-refractivity contribution in [3.63, 3.8) is 0 Å². The molecule has 0 atom stereocenters. The molecule has 0 saturated heterocycles. The summed E-state index contributed by atoms with van der Waals surface area (Å²) in [6.45, 7) is 5.41. The summed E-state index contributed by atoms with van der Waals surface area (Å²) in [6, 6.07) is 26.1. The number of aromatic nitrogens is 2. The topological polar surface area (TPSA) is 56.2 Å². The molecular formula is C26H27N3O2. The zero-order valence-corrected chi connectivity index (χ0v) is 17.9. The molecule has 0 bridgehead atoms. The number of fused-ring (bicyclic) bond motifs is 1. The van der Waals surface area contributed by atoms with Crippen molar-refractivity contribution in [2.24, 2.45) is 0 Å². The highest BCUT2D eigenvalue weighted by Gasteiger charge is 2.13. The van der Waals surface area contributed by atoms with Gasteiger partial charge in [0.1, 0.15) is 11.6 Å². The fourth-order valence-electron chi connectivity index (χ4n) is 3.52. The summed E-state index contributed by atoms with van der Waals surface area (Å²) in [4.78, 5) is 17.1. The van der Waals surface area contributed by atoms with Gasteiger partial charge in [0.15, 0.2) is 6.61 Å². The fraction of sp³-hybridized carbons (Fsp3) is 0.231. The van der Waals surface area contributed by atoms with E-state index in [2.05, 4.69) is 54.1 Å². The highest BCUT2D eigenvalue weighted by Crippen LogP contribution is 2.20. The largest absolute Gasteiger partial charge is 0.484 e. The van der Waals surface area contributed by atoms with Crippen LogP contribution in [0.15, 0.2) is 78.9 Å². The number of hydrogen-bond donors (Lipinski definition) is 1. The van der Waals surface area contributed by atoms with E-state index in [4.69, 9.17) is 9.72 Å². The van der Waals surface area contributed by atoms with Crippen LogP contribution in [0.25, 0.3) is 11.0 Å². The lowest BCUT2D eigenvalue weighted by molar-refractivity contribution is -0.123. The van der Waals surface area contributed by atoms with E-state index in [-0.39, 0.29) is 12.5 Å². The van der Waals surface area contributed by atoms with Gasteiger partial charge in [0.25, 0.3) is 5.91 Å². The quantitative estimate of drug-likeness (QED) is 0.447. The van der Waals surface area contributed by atoms with Gasteiger partial charge in [-0.3, -0.25) is 4.79 Å². The summed E-state index contributed by atoms with van der Waals surface area (Å²) in [7, 11) is 0. The van der Waals surface area contributed by atoms with Crippen LogP contribution in [0.3, 0.4) is 0 Å². The molecule has 5 heteroatoms. The van der Waals surface area contributed by atoms with Crippen LogP contribution in [-0.4, -0.2) is 22.1 Å². The Kier molecular flexibility index (Phi) is 6.32. The maximum atomic E-state index is 12.3. The Morgan fingerprint density at radius 1 is 0.968 bits per heavy atom. The van der Waals surface area contributed by atoms with Crippen LogP contribution in [0.5, 0.6) is 5.75 Å². The van der Waals surface area contributed by atoms with Crippen LogP contribution < -0.4 is 10.1 Å². The molecule has 0 fully saturated rings. The Bertz CT molecular complexity index is 1150. The average Bonchev–Trinajstić information content (AvgIpc) is 3.14. The maximum absolute atomic E-state index is 12.3. The van der Waals surface area contributed by atoms with E-state index in [1.165, 1.54) is 11.1 Å². The predicted octanol–water partition coefficient (Wildman–Crippen LogP) is 4.90. The number of benzene rings is 3. The SMILES string of the molecule is CC(C)c1ccc(Cn2c(CNC(=O)COc3ccccc3)nc3ccccc32)cc1. The van der Waals surface area contributed by atoms with Crippen LogP contribution >= 0.6 is 0 Å². The van der Waals surface area contributed by atoms with Crippen molar-refractivity contribution in [1.82, 2.24) is 14.9 Å². The average molecular weight is 414 g/mol. The molecule has 0 aliphatic heterocycles. The first kappa shape index (κ1) is 20.7. The Morgan fingerprint density at radius 3 is 2.42 bits per heavy atom. The molecule has 1 heterocycles. The highest BCUT2D eigenvalue weighted by atomic mass is 16.5. The molecule has 3 aromatic carbocycles. The van der Waals surface area contributed by atoms with Crippen molar-refractivity contribution in [3.05, 3.63) is 95.8 Å². The zero-order chi connectivity index (χ0) is 21.6. The van der Waals surface area contributed by atoms with E-state index in [1.54, 1.807) is 0 Å². The van der Waals surface area contributed by atoms with Gasteiger partial charge in [0, 0.05) is 6.54 Å². The molecule has 0 spiro atoms. The van der Waals surface area contributed by atoms with E-state index in [1.807, 2.05) is 48.5 Å². The van der Waals surface area contributed by atoms with Crippen LogP contribution in [0, 0.1) is 0 Å². The molecule has 1 amide bonds. The second kappa shape index (κ2) is 9.47. The maximum Gasteiger partial charge on any atom is 0.258 e. The number of para-hydroxylation sites is 3. The van der Waals surface area contributed by atoms with Crippen LogP contribution in [0.4, 0.5) is 0 Å². The number of carbonyl (C=O) groups is 1. The first-order valence-electron chi connectivity index (χ1n) is 10.6. The second-order valence-electron chi connectivity index (χ2n) is 7.88. The smallest absolute Gasteiger partial charge is 0.258 e. The summed E-state index contributed by atoms with van der Waals surface area (Å²) in [5, 5.41) is 2.93. The van der Waals surface area contributed by atoms with E-state index in [0.717, 1.165) is 16.9 Å².